The Balaban J connectivity index is 1.80. The Morgan fingerprint density at radius 1 is 1.24 bits per heavy atom. The topological polar surface area (TPSA) is 88.8 Å². The van der Waals surface area contributed by atoms with Crippen LogP contribution in [-0.2, 0) is 27.8 Å². The second-order valence-corrected chi connectivity index (χ2v) is 9.14. The van der Waals surface area contributed by atoms with Crippen molar-refractivity contribution in [2.24, 2.45) is 23.9 Å². The molecule has 8 nitrogen and oxygen atoms in total. The van der Waals surface area contributed by atoms with E-state index < -0.39 is 0 Å². The zero-order valence-electron chi connectivity index (χ0n) is 19.8. The van der Waals surface area contributed by atoms with Gasteiger partial charge in [0.25, 0.3) is 0 Å². The number of benzene rings is 1. The van der Waals surface area contributed by atoms with Gasteiger partial charge in [-0.1, -0.05) is 43.1 Å². The van der Waals surface area contributed by atoms with Crippen molar-refractivity contribution >= 4 is 46.7 Å². The second kappa shape index (κ2) is 12.2. The highest BCUT2D eigenvalue weighted by Crippen LogP contribution is 2.31. The van der Waals surface area contributed by atoms with Crippen molar-refractivity contribution in [2.45, 2.75) is 39.5 Å². The Bertz CT molecular complexity index is 1020. The molecule has 0 saturated carbocycles. The van der Waals surface area contributed by atoms with Gasteiger partial charge in [0.15, 0.2) is 0 Å². The van der Waals surface area contributed by atoms with Gasteiger partial charge in [-0.15, -0.1) is 0 Å². The van der Waals surface area contributed by atoms with Gasteiger partial charge < -0.3 is 14.6 Å². The van der Waals surface area contributed by atoms with Crippen LogP contribution in [0.5, 0.6) is 0 Å². The molecule has 2 aromatic rings. The predicted molar refractivity (Wildman–Crippen MR) is 134 cm³/mol. The lowest BCUT2D eigenvalue weighted by Gasteiger charge is -2.30. The fourth-order valence-electron chi connectivity index (χ4n) is 4.05. The van der Waals surface area contributed by atoms with Crippen LogP contribution in [-0.4, -0.2) is 52.0 Å². The monoisotopic (exact) mass is 507 g/mol. The van der Waals surface area contributed by atoms with Crippen molar-refractivity contribution < 1.29 is 14.3 Å². The number of hydrogen-bond acceptors (Lipinski definition) is 6. The molecule has 10 heteroatoms. The number of esters is 1. The van der Waals surface area contributed by atoms with E-state index in [1.807, 2.05) is 25.5 Å². The number of hydrogen-bond donors (Lipinski definition) is 1. The first-order chi connectivity index (χ1) is 16.3. The van der Waals surface area contributed by atoms with E-state index in [0.29, 0.717) is 60.5 Å². The first-order valence-electron chi connectivity index (χ1n) is 11.5. The number of ether oxygens (including phenoxy) is 1. The van der Waals surface area contributed by atoms with Gasteiger partial charge in [-0.2, -0.15) is 0 Å². The van der Waals surface area contributed by atoms with E-state index in [1.54, 1.807) is 35.6 Å². The van der Waals surface area contributed by atoms with Gasteiger partial charge >= 0.3 is 5.97 Å². The minimum Gasteiger partial charge on any atom is -0.465 e. The van der Waals surface area contributed by atoms with Crippen molar-refractivity contribution in [3.8, 4) is 0 Å². The van der Waals surface area contributed by atoms with Crippen molar-refractivity contribution in [3.63, 3.8) is 0 Å². The number of guanidine groups is 1. The van der Waals surface area contributed by atoms with Crippen LogP contribution >= 0.6 is 23.2 Å². The van der Waals surface area contributed by atoms with E-state index >= 15 is 0 Å². The Morgan fingerprint density at radius 3 is 2.59 bits per heavy atom. The van der Waals surface area contributed by atoms with Crippen molar-refractivity contribution in [1.29, 1.82) is 0 Å². The third kappa shape index (κ3) is 6.30. The Labute approximate surface area is 210 Å². The molecule has 0 unspecified atom stereocenters. The molecule has 3 rings (SSSR count). The van der Waals surface area contributed by atoms with Crippen molar-refractivity contribution in [3.05, 3.63) is 46.5 Å². The van der Waals surface area contributed by atoms with Crippen molar-refractivity contribution in [2.75, 3.05) is 25.0 Å². The number of aliphatic imine (C=N–C) groups is 1. The molecule has 0 bridgehead atoms. The number of aryl methyl sites for hydroxylation is 1. The fourth-order valence-corrected chi connectivity index (χ4v) is 4.54. The standard InChI is InChI=1S/C24H31Cl2N5O3/c1-4-7-21(32)34-14-16(12-17-13-27-15-30(17)3)18(5-2)23(33)31-11-10-28-24(31)29-22-19(25)8-6-9-20(22)26/h6,8-9,13,15-16,18H,4-5,7,10-12,14H2,1-3H3,(H,28,29)/t16-,18-/m0/s1. The SMILES string of the molecule is CCCC(=O)OC[C@H](Cc1cncn1C)[C@H](CC)C(=O)N1CCN=C1Nc1c(Cl)cccc1Cl. The predicted octanol–water partition coefficient (Wildman–Crippen LogP) is 4.57. The number of amides is 1. The molecule has 0 spiro atoms. The molecule has 1 amide bonds. The number of aromatic nitrogens is 2. The number of rotatable bonds is 10. The molecule has 2 atom stereocenters. The fraction of sp³-hybridized carbons (Fsp3) is 0.500. The van der Waals surface area contributed by atoms with Crippen LogP contribution in [0, 0.1) is 11.8 Å². The van der Waals surface area contributed by atoms with E-state index in [9.17, 15) is 9.59 Å². The number of anilines is 1. The largest absolute Gasteiger partial charge is 0.465 e. The maximum absolute atomic E-state index is 13.7. The maximum atomic E-state index is 13.7. The molecular formula is C24H31Cl2N5O3. The van der Waals surface area contributed by atoms with Gasteiger partial charge in [0.2, 0.25) is 11.9 Å². The Hall–Kier alpha value is -2.58. The van der Waals surface area contributed by atoms with Gasteiger partial charge in [-0.3, -0.25) is 19.5 Å². The van der Waals surface area contributed by atoms with Crippen LogP contribution < -0.4 is 5.32 Å². The summed E-state index contributed by atoms with van der Waals surface area (Å²) in [6.07, 6.45) is 5.72. The minimum absolute atomic E-state index is 0.0758. The summed E-state index contributed by atoms with van der Waals surface area (Å²) < 4.78 is 7.48. The normalized spacial score (nSPS) is 15.1. The number of imidazole rings is 1. The Morgan fingerprint density at radius 2 is 1.97 bits per heavy atom. The van der Waals surface area contributed by atoms with Crippen molar-refractivity contribution in [1.82, 2.24) is 14.5 Å². The molecule has 1 aliphatic rings. The third-order valence-corrected chi connectivity index (χ3v) is 6.56. The number of nitrogens with zero attached hydrogens (tertiary/aromatic N) is 4. The highest BCUT2D eigenvalue weighted by Gasteiger charge is 2.35. The molecule has 0 aliphatic carbocycles. The molecule has 2 heterocycles. The molecule has 1 aromatic carbocycles. The highest BCUT2D eigenvalue weighted by molar-refractivity contribution is 6.39. The second-order valence-electron chi connectivity index (χ2n) is 8.32. The molecular weight excluding hydrogens is 477 g/mol. The van der Waals surface area contributed by atoms with E-state index in [-0.39, 0.29) is 30.3 Å². The maximum Gasteiger partial charge on any atom is 0.305 e. The van der Waals surface area contributed by atoms with Gasteiger partial charge in [-0.05, 0) is 31.4 Å². The van der Waals surface area contributed by atoms with Crippen LogP contribution in [0.4, 0.5) is 5.69 Å². The number of para-hydroxylation sites is 1. The van der Waals surface area contributed by atoms with Gasteiger partial charge in [-0.25, -0.2) is 4.98 Å². The van der Waals surface area contributed by atoms with Crippen LogP contribution in [0.1, 0.15) is 38.8 Å². The summed E-state index contributed by atoms with van der Waals surface area (Å²) in [5.41, 5.74) is 1.48. The summed E-state index contributed by atoms with van der Waals surface area (Å²) in [6.45, 7) is 4.99. The van der Waals surface area contributed by atoms with E-state index in [1.165, 1.54) is 0 Å². The van der Waals surface area contributed by atoms with Gasteiger partial charge in [0, 0.05) is 43.7 Å². The van der Waals surface area contributed by atoms with Gasteiger partial charge in [0.1, 0.15) is 0 Å². The molecule has 184 valence electrons. The molecule has 0 radical (unpaired) electrons. The average molecular weight is 508 g/mol. The molecule has 0 saturated heterocycles. The number of nitrogens with one attached hydrogen (secondary N) is 1. The average Bonchev–Trinajstić information content (AvgIpc) is 3.44. The lowest BCUT2D eigenvalue weighted by molar-refractivity contribution is -0.148. The molecule has 0 fully saturated rings. The summed E-state index contributed by atoms with van der Waals surface area (Å²) in [5, 5.41) is 4.03. The third-order valence-electron chi connectivity index (χ3n) is 5.93. The number of halogens is 2. The van der Waals surface area contributed by atoms with Gasteiger partial charge in [0.05, 0.1) is 35.2 Å². The zero-order chi connectivity index (χ0) is 24.7. The minimum atomic E-state index is -0.379. The van der Waals surface area contributed by atoms with E-state index in [4.69, 9.17) is 27.9 Å². The molecule has 1 aliphatic heterocycles. The zero-order valence-corrected chi connectivity index (χ0v) is 21.3. The quantitative estimate of drug-likeness (QED) is 0.476. The molecule has 34 heavy (non-hydrogen) atoms. The summed E-state index contributed by atoms with van der Waals surface area (Å²) in [7, 11) is 1.91. The Kier molecular flexibility index (Phi) is 9.36. The first-order valence-corrected chi connectivity index (χ1v) is 12.3. The lowest BCUT2D eigenvalue weighted by Crippen LogP contribution is -2.45. The summed E-state index contributed by atoms with van der Waals surface area (Å²) >= 11 is 12.6. The van der Waals surface area contributed by atoms with Crippen LogP contribution in [0.15, 0.2) is 35.7 Å². The lowest BCUT2D eigenvalue weighted by atomic mass is 9.85. The van der Waals surface area contributed by atoms with E-state index in [2.05, 4.69) is 15.3 Å². The number of carbonyl (C=O) groups excluding carboxylic acids is 2. The summed E-state index contributed by atoms with van der Waals surface area (Å²) in [5.74, 6) is -0.497. The first kappa shape index (κ1) is 26.0. The van der Waals surface area contributed by atoms with E-state index in [0.717, 1.165) is 5.69 Å². The molecule has 1 N–H and O–H groups in total. The summed E-state index contributed by atoms with van der Waals surface area (Å²) in [6, 6.07) is 5.20. The highest BCUT2D eigenvalue weighted by atomic mass is 35.5. The van der Waals surface area contributed by atoms with Crippen LogP contribution in [0.25, 0.3) is 0 Å². The summed E-state index contributed by atoms with van der Waals surface area (Å²) in [4.78, 5) is 36.1. The van der Waals surface area contributed by atoms with Crippen LogP contribution in [0.3, 0.4) is 0 Å². The number of carbonyl (C=O) groups is 2. The smallest absolute Gasteiger partial charge is 0.305 e. The molecule has 1 aromatic heterocycles. The van der Waals surface area contributed by atoms with Crippen LogP contribution in [0.2, 0.25) is 10.0 Å².